The van der Waals surface area contributed by atoms with Crippen molar-refractivity contribution in [2.75, 3.05) is 4.90 Å². The Morgan fingerprint density at radius 1 is 1.36 bits per heavy atom. The average Bonchev–Trinajstić information content (AvgIpc) is 2.43. The molecule has 0 N–H and O–H groups in total. The number of amides is 1. The second-order valence-corrected chi connectivity index (χ2v) is 4.89. The number of anilines is 1. The van der Waals surface area contributed by atoms with Crippen molar-refractivity contribution in [2.45, 2.75) is 4.71 Å². The molecule has 1 aliphatic heterocycles. The number of hydrogen-bond donors (Lipinski definition) is 1. The molecular weight excluding hydrogens is 214 g/mol. The normalized spacial score (nSPS) is 21.8. The molecule has 0 radical (unpaired) electrons. The molecule has 0 aromatic heterocycles. The van der Waals surface area contributed by atoms with Crippen molar-refractivity contribution >= 4 is 36.0 Å². The van der Waals surface area contributed by atoms with Crippen LogP contribution < -0.4 is 4.90 Å². The first kappa shape index (κ1) is 9.68. The summed E-state index contributed by atoms with van der Waals surface area (Å²) in [4.78, 5) is 13.9. The molecular formula is C10H9NOS2. The summed E-state index contributed by atoms with van der Waals surface area (Å²) in [6, 6.07) is 9.49. The summed E-state index contributed by atoms with van der Waals surface area (Å²) in [5.41, 5.74) is 0.864. The van der Waals surface area contributed by atoms with E-state index in [1.807, 2.05) is 30.3 Å². The summed E-state index contributed by atoms with van der Waals surface area (Å²) >= 11 is 5.70. The lowest BCUT2D eigenvalue weighted by Gasteiger charge is -2.18. The van der Waals surface area contributed by atoms with Gasteiger partial charge in [-0.25, -0.2) is 0 Å². The molecule has 2 nitrogen and oxygen atoms in total. The van der Waals surface area contributed by atoms with Crippen LogP contribution in [-0.2, 0) is 4.79 Å². The highest BCUT2D eigenvalue weighted by Crippen LogP contribution is 2.38. The van der Waals surface area contributed by atoms with Gasteiger partial charge in [0.05, 0.1) is 4.91 Å². The first-order chi connectivity index (χ1) is 6.70. The van der Waals surface area contributed by atoms with E-state index >= 15 is 0 Å². The molecule has 1 atom stereocenters. The van der Waals surface area contributed by atoms with Gasteiger partial charge in [0.2, 0.25) is 0 Å². The summed E-state index contributed by atoms with van der Waals surface area (Å²) in [6.45, 7) is 3.68. The van der Waals surface area contributed by atoms with Crippen LogP contribution in [0, 0.1) is 0 Å². The van der Waals surface area contributed by atoms with E-state index < -0.39 is 0 Å². The Morgan fingerprint density at radius 3 is 2.50 bits per heavy atom. The summed E-state index contributed by atoms with van der Waals surface area (Å²) in [7, 11) is 0. The van der Waals surface area contributed by atoms with Crippen LogP contribution in [0.25, 0.3) is 0 Å². The number of thioether (sulfide) groups is 1. The van der Waals surface area contributed by atoms with Crippen molar-refractivity contribution in [3.05, 3.63) is 41.8 Å². The molecule has 1 aromatic carbocycles. The maximum atomic E-state index is 11.7. The molecule has 14 heavy (non-hydrogen) atoms. The van der Waals surface area contributed by atoms with Crippen molar-refractivity contribution < 1.29 is 4.79 Å². The van der Waals surface area contributed by atoms with E-state index in [9.17, 15) is 4.79 Å². The summed E-state index contributed by atoms with van der Waals surface area (Å²) in [5.74, 6) is -0.0544. The van der Waals surface area contributed by atoms with Gasteiger partial charge in [0.15, 0.2) is 0 Å². The number of benzene rings is 1. The Hall–Kier alpha value is -0.870. The first-order valence-corrected chi connectivity index (χ1v) is 5.52. The molecule has 0 spiro atoms. The maximum absolute atomic E-state index is 11.7. The van der Waals surface area contributed by atoms with Crippen LogP contribution in [0.3, 0.4) is 0 Å². The van der Waals surface area contributed by atoms with Crippen molar-refractivity contribution in [2.24, 2.45) is 0 Å². The largest absolute Gasteiger partial charge is 0.286 e. The predicted molar refractivity (Wildman–Crippen MR) is 63.4 cm³/mol. The van der Waals surface area contributed by atoms with E-state index in [0.29, 0.717) is 4.91 Å². The second kappa shape index (κ2) is 3.71. The summed E-state index contributed by atoms with van der Waals surface area (Å²) in [6.07, 6.45) is 0. The topological polar surface area (TPSA) is 20.3 Å². The van der Waals surface area contributed by atoms with E-state index in [0.717, 1.165) is 5.69 Å². The van der Waals surface area contributed by atoms with Gasteiger partial charge >= 0.3 is 0 Å². The summed E-state index contributed by atoms with van der Waals surface area (Å²) in [5, 5.41) is 0. The Morgan fingerprint density at radius 2 is 2.00 bits per heavy atom. The Labute approximate surface area is 92.4 Å². The molecule has 72 valence electrons. The fourth-order valence-electron chi connectivity index (χ4n) is 1.30. The number of rotatable bonds is 1. The number of carbonyl (C=O) groups excluding carboxylic acids is 1. The first-order valence-electron chi connectivity index (χ1n) is 4.12. The van der Waals surface area contributed by atoms with Gasteiger partial charge in [-0.1, -0.05) is 36.5 Å². The van der Waals surface area contributed by atoms with Crippen molar-refractivity contribution in [1.29, 1.82) is 0 Å². The van der Waals surface area contributed by atoms with Crippen LogP contribution in [0.4, 0.5) is 5.69 Å². The number of carbonyl (C=O) groups is 1. The Kier molecular flexibility index (Phi) is 2.56. The van der Waals surface area contributed by atoms with Crippen LogP contribution in [-0.4, -0.2) is 10.6 Å². The van der Waals surface area contributed by atoms with Gasteiger partial charge in [0.1, 0.15) is 4.71 Å². The van der Waals surface area contributed by atoms with Crippen molar-refractivity contribution in [3.8, 4) is 0 Å². The maximum Gasteiger partial charge on any atom is 0.265 e. The third-order valence-electron chi connectivity index (χ3n) is 1.96. The highest BCUT2D eigenvalue weighted by atomic mass is 32.2. The van der Waals surface area contributed by atoms with Gasteiger partial charge in [-0.3, -0.25) is 9.69 Å². The molecule has 0 aliphatic carbocycles. The molecule has 1 fully saturated rings. The monoisotopic (exact) mass is 223 g/mol. The summed E-state index contributed by atoms with van der Waals surface area (Å²) < 4.78 is -0.155. The zero-order valence-corrected chi connectivity index (χ0v) is 9.09. The van der Waals surface area contributed by atoms with Crippen LogP contribution >= 0.6 is 24.4 Å². The molecule has 2 rings (SSSR count). The third-order valence-corrected chi connectivity index (χ3v) is 3.39. The van der Waals surface area contributed by atoms with Gasteiger partial charge in [-0.15, -0.1) is 12.6 Å². The second-order valence-electron chi connectivity index (χ2n) is 2.88. The zero-order valence-electron chi connectivity index (χ0n) is 7.38. The van der Waals surface area contributed by atoms with Crippen LogP contribution in [0.2, 0.25) is 0 Å². The van der Waals surface area contributed by atoms with Crippen LogP contribution in [0.5, 0.6) is 0 Å². The van der Waals surface area contributed by atoms with Gasteiger partial charge < -0.3 is 0 Å². The molecule has 1 heterocycles. The number of para-hydroxylation sites is 1. The van der Waals surface area contributed by atoms with Crippen LogP contribution in [0.15, 0.2) is 41.8 Å². The minimum absolute atomic E-state index is 0.0544. The molecule has 0 bridgehead atoms. The molecule has 4 heteroatoms. The Bertz CT molecular complexity index is 377. The van der Waals surface area contributed by atoms with E-state index in [1.54, 1.807) is 4.90 Å². The van der Waals surface area contributed by atoms with Gasteiger partial charge in [0.25, 0.3) is 5.91 Å². The van der Waals surface area contributed by atoms with E-state index in [4.69, 9.17) is 0 Å². The van der Waals surface area contributed by atoms with Crippen LogP contribution in [0.1, 0.15) is 0 Å². The minimum Gasteiger partial charge on any atom is -0.286 e. The quantitative estimate of drug-likeness (QED) is 0.583. The lowest BCUT2D eigenvalue weighted by Crippen LogP contribution is -2.28. The third kappa shape index (κ3) is 1.55. The number of hydrogen-bond acceptors (Lipinski definition) is 3. The minimum atomic E-state index is -0.155. The number of thiol groups is 1. The predicted octanol–water partition coefficient (Wildman–Crippen LogP) is 2.49. The van der Waals surface area contributed by atoms with Gasteiger partial charge in [-0.05, 0) is 12.1 Å². The molecule has 1 unspecified atom stereocenters. The highest BCUT2D eigenvalue weighted by molar-refractivity contribution is 8.14. The van der Waals surface area contributed by atoms with Gasteiger partial charge in [0, 0.05) is 5.69 Å². The lowest BCUT2D eigenvalue weighted by molar-refractivity contribution is -0.114. The molecule has 0 saturated carbocycles. The van der Waals surface area contributed by atoms with E-state index in [-0.39, 0.29) is 10.6 Å². The fraction of sp³-hybridized carbons (Fsp3) is 0.100. The van der Waals surface area contributed by atoms with Crippen molar-refractivity contribution in [3.63, 3.8) is 0 Å². The molecule has 1 saturated heterocycles. The lowest BCUT2D eigenvalue weighted by atomic mass is 10.3. The Balaban J connectivity index is 2.36. The molecule has 1 aromatic rings. The molecule has 1 amide bonds. The standard InChI is InChI=1S/C10H9NOS2/c1-7-9(12)11(10(13)14-7)8-5-3-2-4-6-8/h2-6,10,13H,1H2. The van der Waals surface area contributed by atoms with E-state index in [1.165, 1.54) is 11.8 Å². The van der Waals surface area contributed by atoms with Crippen molar-refractivity contribution in [1.82, 2.24) is 0 Å². The SMILES string of the molecule is C=C1SC(S)N(c2ccccc2)C1=O. The zero-order chi connectivity index (χ0) is 10.1. The molecule has 1 aliphatic rings. The fourth-order valence-corrected chi connectivity index (χ4v) is 2.69. The number of nitrogens with zero attached hydrogens (tertiary/aromatic N) is 1. The van der Waals surface area contributed by atoms with Gasteiger partial charge in [-0.2, -0.15) is 0 Å². The van der Waals surface area contributed by atoms with E-state index in [2.05, 4.69) is 19.2 Å². The average molecular weight is 223 g/mol. The smallest absolute Gasteiger partial charge is 0.265 e. The highest BCUT2D eigenvalue weighted by Gasteiger charge is 2.33.